The Bertz CT molecular complexity index is 995. The number of piperazine rings is 1. The van der Waals surface area contributed by atoms with Crippen molar-refractivity contribution >= 4 is 22.0 Å². The standard InChI is InChI=1S/C23H28N2O4S/c1-19-8-9-20(2)22(18-19)29-16-10-23(26)24-12-14-25(15-13-24)30(27,28)17-11-21-6-4-3-5-7-21/h3-9,11,17-18H,10,12-16H2,1-2H3/b17-11+. The maximum absolute atomic E-state index is 12.5. The van der Waals surface area contributed by atoms with Gasteiger partial charge in [0.1, 0.15) is 5.75 Å². The van der Waals surface area contributed by atoms with Gasteiger partial charge in [-0.1, -0.05) is 42.5 Å². The van der Waals surface area contributed by atoms with E-state index in [9.17, 15) is 13.2 Å². The lowest BCUT2D eigenvalue weighted by Gasteiger charge is -2.33. The molecule has 0 N–H and O–H groups in total. The van der Waals surface area contributed by atoms with E-state index in [1.807, 2.05) is 62.4 Å². The van der Waals surface area contributed by atoms with Gasteiger partial charge < -0.3 is 9.64 Å². The van der Waals surface area contributed by atoms with Crippen molar-refractivity contribution in [3.05, 3.63) is 70.6 Å². The molecule has 6 nitrogen and oxygen atoms in total. The highest BCUT2D eigenvalue weighted by Gasteiger charge is 2.27. The molecule has 0 radical (unpaired) electrons. The molecule has 0 aliphatic carbocycles. The van der Waals surface area contributed by atoms with Crippen LogP contribution in [-0.2, 0) is 14.8 Å². The quantitative estimate of drug-likeness (QED) is 0.679. The fraction of sp³-hybridized carbons (Fsp3) is 0.348. The molecule has 2 aromatic carbocycles. The third-order valence-electron chi connectivity index (χ3n) is 5.10. The third kappa shape index (κ3) is 5.93. The Hall–Kier alpha value is -2.64. The van der Waals surface area contributed by atoms with Crippen LogP contribution in [0.3, 0.4) is 0 Å². The van der Waals surface area contributed by atoms with Gasteiger partial charge >= 0.3 is 0 Å². The first kappa shape index (κ1) is 22.1. The molecule has 160 valence electrons. The van der Waals surface area contributed by atoms with E-state index < -0.39 is 10.0 Å². The molecule has 1 aliphatic rings. The van der Waals surface area contributed by atoms with Gasteiger partial charge in [-0.05, 0) is 42.7 Å². The van der Waals surface area contributed by atoms with Crippen molar-refractivity contribution in [1.29, 1.82) is 0 Å². The molecule has 1 heterocycles. The first-order valence-electron chi connectivity index (χ1n) is 10.1. The topological polar surface area (TPSA) is 66.9 Å². The van der Waals surface area contributed by atoms with Crippen LogP contribution in [0.2, 0.25) is 0 Å². The average molecular weight is 429 g/mol. The summed E-state index contributed by atoms with van der Waals surface area (Å²) >= 11 is 0. The lowest BCUT2D eigenvalue weighted by atomic mass is 10.1. The average Bonchev–Trinajstić information content (AvgIpc) is 2.75. The van der Waals surface area contributed by atoms with E-state index in [0.717, 1.165) is 22.4 Å². The van der Waals surface area contributed by atoms with Crippen LogP contribution in [0.4, 0.5) is 0 Å². The molecule has 1 amide bonds. The summed E-state index contributed by atoms with van der Waals surface area (Å²) in [5.74, 6) is 0.779. The van der Waals surface area contributed by atoms with Crippen molar-refractivity contribution in [2.24, 2.45) is 0 Å². The predicted octanol–water partition coefficient (Wildman–Crippen LogP) is 3.22. The molecule has 1 aliphatic heterocycles. The zero-order valence-corrected chi connectivity index (χ0v) is 18.3. The lowest BCUT2D eigenvalue weighted by Crippen LogP contribution is -2.50. The summed E-state index contributed by atoms with van der Waals surface area (Å²) in [7, 11) is -3.50. The van der Waals surface area contributed by atoms with Crippen LogP contribution in [0.15, 0.2) is 53.9 Å². The fourth-order valence-corrected chi connectivity index (χ4v) is 4.45. The molecule has 2 aromatic rings. The van der Waals surface area contributed by atoms with Gasteiger partial charge in [0.2, 0.25) is 15.9 Å². The van der Waals surface area contributed by atoms with E-state index in [1.165, 1.54) is 9.71 Å². The van der Waals surface area contributed by atoms with E-state index in [-0.39, 0.29) is 12.3 Å². The van der Waals surface area contributed by atoms with Crippen molar-refractivity contribution in [3.63, 3.8) is 0 Å². The number of sulfonamides is 1. The Morgan fingerprint density at radius 1 is 1.03 bits per heavy atom. The molecule has 0 spiro atoms. The zero-order chi connectivity index (χ0) is 21.6. The Morgan fingerprint density at radius 3 is 2.43 bits per heavy atom. The smallest absolute Gasteiger partial charge is 0.236 e. The molecule has 0 bridgehead atoms. The van der Waals surface area contributed by atoms with Crippen LogP contribution in [0.25, 0.3) is 6.08 Å². The van der Waals surface area contributed by atoms with Gasteiger partial charge in [0.15, 0.2) is 0 Å². The molecule has 0 unspecified atom stereocenters. The number of rotatable bonds is 7. The molecule has 1 saturated heterocycles. The number of carbonyl (C=O) groups excluding carboxylic acids is 1. The van der Waals surface area contributed by atoms with Crippen molar-refractivity contribution in [3.8, 4) is 5.75 Å². The summed E-state index contributed by atoms with van der Waals surface area (Å²) < 4.78 is 32.3. The summed E-state index contributed by atoms with van der Waals surface area (Å²) in [5, 5.41) is 1.23. The van der Waals surface area contributed by atoms with E-state index in [0.29, 0.717) is 32.8 Å². The Morgan fingerprint density at radius 2 is 1.73 bits per heavy atom. The predicted molar refractivity (Wildman–Crippen MR) is 119 cm³/mol. The van der Waals surface area contributed by atoms with Crippen LogP contribution in [0.1, 0.15) is 23.1 Å². The Kier molecular flexibility index (Phi) is 7.29. The number of benzene rings is 2. The lowest BCUT2D eigenvalue weighted by molar-refractivity contribution is -0.132. The molecule has 1 fully saturated rings. The second-order valence-electron chi connectivity index (χ2n) is 7.41. The van der Waals surface area contributed by atoms with Crippen LogP contribution in [-0.4, -0.2) is 56.3 Å². The largest absolute Gasteiger partial charge is 0.493 e. The van der Waals surface area contributed by atoms with Crippen LogP contribution in [0.5, 0.6) is 5.75 Å². The van der Waals surface area contributed by atoms with E-state index in [4.69, 9.17) is 4.74 Å². The van der Waals surface area contributed by atoms with E-state index >= 15 is 0 Å². The molecule has 7 heteroatoms. The summed E-state index contributed by atoms with van der Waals surface area (Å²) in [6, 6.07) is 15.3. The monoisotopic (exact) mass is 428 g/mol. The fourth-order valence-electron chi connectivity index (χ4n) is 3.28. The molecular weight excluding hydrogens is 400 g/mol. The number of carbonyl (C=O) groups is 1. The highest BCUT2D eigenvalue weighted by molar-refractivity contribution is 7.92. The molecule has 0 aromatic heterocycles. The highest BCUT2D eigenvalue weighted by atomic mass is 32.2. The van der Waals surface area contributed by atoms with Crippen LogP contribution < -0.4 is 4.74 Å². The summed E-state index contributed by atoms with van der Waals surface area (Å²) in [6.45, 7) is 5.65. The zero-order valence-electron chi connectivity index (χ0n) is 17.5. The van der Waals surface area contributed by atoms with Gasteiger partial charge in [0.25, 0.3) is 0 Å². The molecule has 3 rings (SSSR count). The maximum atomic E-state index is 12.5. The highest BCUT2D eigenvalue weighted by Crippen LogP contribution is 2.19. The van der Waals surface area contributed by atoms with E-state index in [2.05, 4.69) is 0 Å². The van der Waals surface area contributed by atoms with Gasteiger partial charge in [0, 0.05) is 31.6 Å². The molecule has 30 heavy (non-hydrogen) atoms. The van der Waals surface area contributed by atoms with Gasteiger partial charge in [-0.3, -0.25) is 4.79 Å². The summed E-state index contributed by atoms with van der Waals surface area (Å²) in [5.41, 5.74) is 2.98. The van der Waals surface area contributed by atoms with Gasteiger partial charge in [-0.2, -0.15) is 4.31 Å². The second kappa shape index (κ2) is 9.91. The number of hydrogen-bond donors (Lipinski definition) is 0. The normalized spacial score (nSPS) is 15.5. The summed E-state index contributed by atoms with van der Waals surface area (Å²) in [6.07, 6.45) is 1.87. The molecule has 0 atom stereocenters. The van der Waals surface area contributed by atoms with Crippen molar-refractivity contribution < 1.29 is 17.9 Å². The molecule has 0 saturated carbocycles. The number of ether oxygens (including phenoxy) is 1. The van der Waals surface area contributed by atoms with E-state index in [1.54, 1.807) is 11.0 Å². The minimum Gasteiger partial charge on any atom is -0.493 e. The van der Waals surface area contributed by atoms with Crippen molar-refractivity contribution in [1.82, 2.24) is 9.21 Å². The SMILES string of the molecule is Cc1ccc(C)c(OCCC(=O)N2CCN(S(=O)(=O)/C=C/c3ccccc3)CC2)c1. The summed E-state index contributed by atoms with van der Waals surface area (Å²) in [4.78, 5) is 14.2. The molecular formula is C23H28N2O4S. The Balaban J connectivity index is 1.47. The van der Waals surface area contributed by atoms with Crippen LogP contribution in [0, 0.1) is 13.8 Å². The minimum absolute atomic E-state index is 0.0165. The van der Waals surface area contributed by atoms with Crippen LogP contribution >= 0.6 is 0 Å². The van der Waals surface area contributed by atoms with Gasteiger partial charge in [-0.15, -0.1) is 0 Å². The Labute approximate surface area is 178 Å². The number of nitrogens with zero attached hydrogens (tertiary/aromatic N) is 2. The van der Waals surface area contributed by atoms with Gasteiger partial charge in [0.05, 0.1) is 13.0 Å². The van der Waals surface area contributed by atoms with Gasteiger partial charge in [-0.25, -0.2) is 8.42 Å². The minimum atomic E-state index is -3.50. The first-order chi connectivity index (χ1) is 14.3. The number of aryl methyl sites for hydroxylation is 2. The van der Waals surface area contributed by atoms with Crippen molar-refractivity contribution in [2.75, 3.05) is 32.8 Å². The third-order valence-corrected chi connectivity index (χ3v) is 6.67. The second-order valence-corrected chi connectivity index (χ2v) is 9.22. The number of hydrogen-bond acceptors (Lipinski definition) is 4. The number of amides is 1. The maximum Gasteiger partial charge on any atom is 0.236 e. The van der Waals surface area contributed by atoms with Crippen molar-refractivity contribution in [2.45, 2.75) is 20.3 Å². The first-order valence-corrected chi connectivity index (χ1v) is 11.6.